The third-order valence-electron chi connectivity index (χ3n) is 2.52. The van der Waals surface area contributed by atoms with Crippen LogP contribution in [0.5, 0.6) is 0 Å². The van der Waals surface area contributed by atoms with Gasteiger partial charge in [-0.3, -0.25) is 0 Å². The van der Waals surface area contributed by atoms with Crippen LogP contribution in [0.2, 0.25) is 0 Å². The van der Waals surface area contributed by atoms with E-state index in [2.05, 4.69) is 54.8 Å². The highest BCUT2D eigenvalue weighted by molar-refractivity contribution is 5.75. The molecule has 0 saturated carbocycles. The average Bonchev–Trinajstić information content (AvgIpc) is 2.16. The molecule has 14 heavy (non-hydrogen) atoms. The van der Waals surface area contributed by atoms with Crippen molar-refractivity contribution in [2.75, 3.05) is 36.2 Å². The Morgan fingerprint density at radius 2 is 2.07 bits per heavy atom. The van der Waals surface area contributed by atoms with Crippen molar-refractivity contribution in [3.63, 3.8) is 0 Å². The summed E-state index contributed by atoms with van der Waals surface area (Å²) in [5, 5.41) is 6.86. The molecule has 0 aliphatic carbocycles. The van der Waals surface area contributed by atoms with E-state index in [-0.39, 0.29) is 0 Å². The SMILES string of the molecule is C[C@@H]1CNc2cc(N(C)C)ccc2N1. The first kappa shape index (κ1) is 9.19. The highest BCUT2D eigenvalue weighted by Gasteiger charge is 2.13. The molecule has 1 aliphatic heterocycles. The summed E-state index contributed by atoms with van der Waals surface area (Å²) in [4.78, 5) is 2.11. The van der Waals surface area contributed by atoms with Gasteiger partial charge in [-0.25, -0.2) is 0 Å². The van der Waals surface area contributed by atoms with Crippen LogP contribution in [0.3, 0.4) is 0 Å². The van der Waals surface area contributed by atoms with Crippen LogP contribution in [0.4, 0.5) is 17.1 Å². The van der Waals surface area contributed by atoms with Gasteiger partial charge in [-0.2, -0.15) is 0 Å². The molecule has 1 aromatic carbocycles. The molecule has 0 saturated heterocycles. The predicted molar refractivity (Wildman–Crippen MR) is 62.3 cm³/mol. The normalized spacial score (nSPS) is 19.2. The van der Waals surface area contributed by atoms with Crippen LogP contribution in [-0.4, -0.2) is 26.7 Å². The van der Waals surface area contributed by atoms with E-state index in [1.54, 1.807) is 0 Å². The van der Waals surface area contributed by atoms with Crippen molar-refractivity contribution in [3.8, 4) is 0 Å². The fourth-order valence-corrected chi connectivity index (χ4v) is 1.66. The molecule has 0 radical (unpaired) electrons. The first-order chi connectivity index (χ1) is 6.66. The van der Waals surface area contributed by atoms with Gasteiger partial charge < -0.3 is 15.5 Å². The molecule has 2 N–H and O–H groups in total. The zero-order valence-corrected chi connectivity index (χ0v) is 8.96. The second kappa shape index (κ2) is 3.40. The molecule has 76 valence electrons. The molecule has 1 atom stereocenters. The van der Waals surface area contributed by atoms with Crippen LogP contribution in [-0.2, 0) is 0 Å². The summed E-state index contributed by atoms with van der Waals surface area (Å²) in [6.45, 7) is 3.17. The van der Waals surface area contributed by atoms with Crippen LogP contribution in [0.1, 0.15) is 6.92 Å². The molecule has 0 fully saturated rings. The monoisotopic (exact) mass is 191 g/mol. The van der Waals surface area contributed by atoms with Gasteiger partial charge in [0, 0.05) is 32.4 Å². The number of benzene rings is 1. The second-order valence-corrected chi connectivity index (χ2v) is 4.05. The molecule has 1 aliphatic rings. The quantitative estimate of drug-likeness (QED) is 0.710. The summed E-state index contributed by atoms with van der Waals surface area (Å²) < 4.78 is 0. The van der Waals surface area contributed by atoms with Crippen LogP contribution in [0.25, 0.3) is 0 Å². The number of nitrogens with one attached hydrogen (secondary N) is 2. The van der Waals surface area contributed by atoms with E-state index in [0.717, 1.165) is 6.54 Å². The molecule has 0 unspecified atom stereocenters. The molecule has 3 heteroatoms. The largest absolute Gasteiger partial charge is 0.381 e. The van der Waals surface area contributed by atoms with E-state index < -0.39 is 0 Å². The predicted octanol–water partition coefficient (Wildman–Crippen LogP) is 1.98. The molecule has 0 aromatic heterocycles. The van der Waals surface area contributed by atoms with Crippen molar-refractivity contribution in [3.05, 3.63) is 18.2 Å². The maximum atomic E-state index is 3.44. The molecule has 0 amide bonds. The number of anilines is 3. The van der Waals surface area contributed by atoms with Crippen molar-refractivity contribution >= 4 is 17.1 Å². The van der Waals surface area contributed by atoms with E-state index in [0.29, 0.717) is 6.04 Å². The van der Waals surface area contributed by atoms with Crippen molar-refractivity contribution in [2.45, 2.75) is 13.0 Å². The first-order valence-electron chi connectivity index (χ1n) is 4.98. The Kier molecular flexibility index (Phi) is 2.23. The van der Waals surface area contributed by atoms with Crippen molar-refractivity contribution in [1.29, 1.82) is 0 Å². The van der Waals surface area contributed by atoms with E-state index in [1.165, 1.54) is 17.1 Å². The summed E-state index contributed by atoms with van der Waals surface area (Å²) in [5.41, 5.74) is 3.64. The lowest BCUT2D eigenvalue weighted by atomic mass is 10.1. The number of hydrogen-bond donors (Lipinski definition) is 2. The number of fused-ring (bicyclic) bond motifs is 1. The molecular formula is C11H17N3. The standard InChI is InChI=1S/C11H17N3/c1-8-7-12-11-6-9(14(2)3)4-5-10(11)13-8/h4-6,8,12-13H,7H2,1-3H3/t8-/m1/s1. The van der Waals surface area contributed by atoms with Crippen molar-refractivity contribution < 1.29 is 0 Å². The minimum atomic E-state index is 0.507. The van der Waals surface area contributed by atoms with Gasteiger partial charge in [0.1, 0.15) is 0 Å². The Balaban J connectivity index is 2.31. The van der Waals surface area contributed by atoms with Crippen LogP contribution >= 0.6 is 0 Å². The Labute approximate surface area is 85.1 Å². The van der Waals surface area contributed by atoms with E-state index in [9.17, 15) is 0 Å². The van der Waals surface area contributed by atoms with Crippen molar-refractivity contribution in [2.24, 2.45) is 0 Å². The molecule has 2 rings (SSSR count). The number of hydrogen-bond acceptors (Lipinski definition) is 3. The van der Waals surface area contributed by atoms with Gasteiger partial charge in [0.05, 0.1) is 11.4 Å². The maximum Gasteiger partial charge on any atom is 0.0597 e. The van der Waals surface area contributed by atoms with Crippen molar-refractivity contribution in [1.82, 2.24) is 0 Å². The zero-order chi connectivity index (χ0) is 10.1. The van der Waals surface area contributed by atoms with Crippen LogP contribution < -0.4 is 15.5 Å². The second-order valence-electron chi connectivity index (χ2n) is 4.05. The fraction of sp³-hybridized carbons (Fsp3) is 0.455. The lowest BCUT2D eigenvalue weighted by Crippen LogP contribution is -2.30. The topological polar surface area (TPSA) is 27.3 Å². The lowest BCUT2D eigenvalue weighted by molar-refractivity contribution is 0.817. The Morgan fingerprint density at radius 3 is 2.79 bits per heavy atom. The van der Waals surface area contributed by atoms with Gasteiger partial charge in [0.2, 0.25) is 0 Å². The lowest BCUT2D eigenvalue weighted by Gasteiger charge is -2.27. The van der Waals surface area contributed by atoms with E-state index >= 15 is 0 Å². The summed E-state index contributed by atoms with van der Waals surface area (Å²) in [6.07, 6.45) is 0. The minimum Gasteiger partial charge on any atom is -0.381 e. The summed E-state index contributed by atoms with van der Waals surface area (Å²) in [6, 6.07) is 6.94. The van der Waals surface area contributed by atoms with Crippen LogP contribution in [0, 0.1) is 0 Å². The molecule has 3 nitrogen and oxygen atoms in total. The molecular weight excluding hydrogens is 174 g/mol. The van der Waals surface area contributed by atoms with Gasteiger partial charge in [-0.1, -0.05) is 0 Å². The average molecular weight is 191 g/mol. The number of rotatable bonds is 1. The smallest absolute Gasteiger partial charge is 0.0597 e. The fourth-order valence-electron chi connectivity index (χ4n) is 1.66. The Bertz CT molecular complexity index is 333. The molecule has 0 spiro atoms. The van der Waals surface area contributed by atoms with Gasteiger partial charge in [0.25, 0.3) is 0 Å². The highest BCUT2D eigenvalue weighted by atomic mass is 15.1. The van der Waals surface area contributed by atoms with Gasteiger partial charge in [0.15, 0.2) is 0 Å². The first-order valence-corrected chi connectivity index (χ1v) is 4.98. The third kappa shape index (κ3) is 1.62. The maximum absolute atomic E-state index is 3.44. The Morgan fingerprint density at radius 1 is 1.29 bits per heavy atom. The highest BCUT2D eigenvalue weighted by Crippen LogP contribution is 2.29. The van der Waals surface area contributed by atoms with Crippen LogP contribution in [0.15, 0.2) is 18.2 Å². The zero-order valence-electron chi connectivity index (χ0n) is 8.96. The van der Waals surface area contributed by atoms with E-state index in [1.807, 2.05) is 0 Å². The molecule has 0 bridgehead atoms. The summed E-state index contributed by atoms with van der Waals surface area (Å²) in [5.74, 6) is 0. The van der Waals surface area contributed by atoms with Gasteiger partial charge in [-0.15, -0.1) is 0 Å². The van der Waals surface area contributed by atoms with Gasteiger partial charge in [-0.05, 0) is 25.1 Å². The minimum absolute atomic E-state index is 0.507. The van der Waals surface area contributed by atoms with E-state index in [4.69, 9.17) is 0 Å². The molecule has 1 heterocycles. The third-order valence-corrected chi connectivity index (χ3v) is 2.52. The molecule has 1 aromatic rings. The summed E-state index contributed by atoms with van der Waals surface area (Å²) in [7, 11) is 4.11. The number of nitrogens with zero attached hydrogens (tertiary/aromatic N) is 1. The van der Waals surface area contributed by atoms with Gasteiger partial charge >= 0.3 is 0 Å². The summed E-state index contributed by atoms with van der Waals surface area (Å²) >= 11 is 0. The Hall–Kier alpha value is -1.38.